The van der Waals surface area contributed by atoms with Crippen LogP contribution in [0.1, 0.15) is 11.1 Å². The summed E-state index contributed by atoms with van der Waals surface area (Å²) in [5.74, 6) is 2.55. The second kappa shape index (κ2) is 2.93. The van der Waals surface area contributed by atoms with Gasteiger partial charge in [-0.2, -0.15) is 0 Å². The molecule has 1 N–H and O–H groups in total. The van der Waals surface area contributed by atoms with Crippen molar-refractivity contribution in [2.75, 3.05) is 0 Å². The molecular weight excluding hydrogens is 124 g/mol. The third kappa shape index (κ3) is 1.53. The number of rotatable bonds is 0. The zero-order valence-electron chi connectivity index (χ0n) is 5.76. The summed E-state index contributed by atoms with van der Waals surface area (Å²) in [6, 6.07) is 7.68. The Balaban J connectivity index is 3.03. The molecule has 1 aromatic rings. The number of aliphatic hydroxyl groups is 1. The maximum absolute atomic E-state index is 8.25. The van der Waals surface area contributed by atoms with Gasteiger partial charge in [-0.25, -0.2) is 0 Å². The molecule has 0 amide bonds. The maximum Gasteiger partial charge on any atom is 0.113 e. The standard InChI is InChI=1S/C9H8O/c1-8-3-2-4-9(7-8)5-6-10/h2-4,7,10H,1H3. The molecule has 0 bridgehead atoms. The zero-order chi connectivity index (χ0) is 7.40. The average Bonchev–Trinajstić information content (AvgIpc) is 1.88. The first-order chi connectivity index (χ1) is 4.83. The van der Waals surface area contributed by atoms with Crippen LogP contribution in [0.2, 0.25) is 0 Å². The zero-order valence-corrected chi connectivity index (χ0v) is 5.76. The van der Waals surface area contributed by atoms with E-state index in [1.807, 2.05) is 37.3 Å². The predicted molar refractivity (Wildman–Crippen MR) is 40.0 cm³/mol. The van der Waals surface area contributed by atoms with E-state index >= 15 is 0 Å². The topological polar surface area (TPSA) is 20.2 Å². The SMILES string of the molecule is Cc1cccc(C#CO)c1. The summed E-state index contributed by atoms with van der Waals surface area (Å²) in [5.41, 5.74) is 2.00. The van der Waals surface area contributed by atoms with E-state index in [0.29, 0.717) is 0 Å². The van der Waals surface area contributed by atoms with Crippen LogP contribution in [0.5, 0.6) is 0 Å². The summed E-state index contributed by atoms with van der Waals surface area (Å²) < 4.78 is 0. The molecule has 10 heavy (non-hydrogen) atoms. The molecule has 0 radical (unpaired) electrons. The molecule has 0 saturated carbocycles. The molecule has 0 aliphatic rings. The molecule has 0 aromatic heterocycles. The number of hydrogen-bond donors (Lipinski definition) is 1. The number of benzene rings is 1. The first kappa shape index (κ1) is 6.70. The van der Waals surface area contributed by atoms with Gasteiger partial charge in [0, 0.05) is 5.56 Å². The molecule has 0 spiro atoms. The molecule has 0 aliphatic heterocycles. The molecule has 0 unspecified atom stereocenters. The molecule has 1 aromatic carbocycles. The Kier molecular flexibility index (Phi) is 1.96. The maximum atomic E-state index is 8.25. The minimum atomic E-state index is 0.850. The molecule has 50 valence electrons. The van der Waals surface area contributed by atoms with Gasteiger partial charge in [-0.05, 0) is 30.5 Å². The van der Waals surface area contributed by atoms with E-state index in [1.165, 1.54) is 0 Å². The lowest BCUT2D eigenvalue weighted by Crippen LogP contribution is -1.74. The molecule has 1 nitrogen and oxygen atoms in total. The largest absolute Gasteiger partial charge is 0.462 e. The van der Waals surface area contributed by atoms with Crippen molar-refractivity contribution in [3.8, 4) is 12.0 Å². The Morgan fingerprint density at radius 3 is 2.80 bits per heavy atom. The third-order valence-electron chi connectivity index (χ3n) is 1.22. The van der Waals surface area contributed by atoms with Crippen molar-refractivity contribution in [3.63, 3.8) is 0 Å². The molecule has 0 atom stereocenters. The quantitative estimate of drug-likeness (QED) is 0.532. The van der Waals surface area contributed by atoms with E-state index in [4.69, 9.17) is 5.11 Å². The predicted octanol–water partition coefficient (Wildman–Crippen LogP) is 1.68. The van der Waals surface area contributed by atoms with E-state index in [1.54, 1.807) is 0 Å². The summed E-state index contributed by atoms with van der Waals surface area (Å²) in [4.78, 5) is 0. The Morgan fingerprint density at radius 1 is 1.40 bits per heavy atom. The molecule has 0 heterocycles. The lowest BCUT2D eigenvalue weighted by Gasteiger charge is -1.90. The van der Waals surface area contributed by atoms with Crippen molar-refractivity contribution in [2.24, 2.45) is 0 Å². The summed E-state index contributed by atoms with van der Waals surface area (Å²) in [6.45, 7) is 1.99. The van der Waals surface area contributed by atoms with E-state index < -0.39 is 0 Å². The Hall–Kier alpha value is -1.42. The van der Waals surface area contributed by atoms with Crippen LogP contribution >= 0.6 is 0 Å². The van der Waals surface area contributed by atoms with Gasteiger partial charge in [-0.1, -0.05) is 12.1 Å². The molecule has 0 aliphatic carbocycles. The number of aryl methyl sites for hydroxylation is 1. The first-order valence-corrected chi connectivity index (χ1v) is 3.04. The summed E-state index contributed by atoms with van der Waals surface area (Å²) in [5, 5.41) is 8.25. The molecular formula is C9H8O. The number of hydrogen-bond acceptors (Lipinski definition) is 1. The Labute approximate surface area is 60.3 Å². The van der Waals surface area contributed by atoms with Crippen molar-refractivity contribution < 1.29 is 5.11 Å². The lowest BCUT2D eigenvalue weighted by molar-refractivity contribution is 0.517. The highest BCUT2D eigenvalue weighted by molar-refractivity contribution is 5.35. The van der Waals surface area contributed by atoms with Gasteiger partial charge < -0.3 is 5.11 Å². The van der Waals surface area contributed by atoms with Crippen molar-refractivity contribution in [2.45, 2.75) is 6.92 Å². The minimum Gasteiger partial charge on any atom is -0.462 e. The van der Waals surface area contributed by atoms with Crippen molar-refractivity contribution in [1.82, 2.24) is 0 Å². The average molecular weight is 132 g/mol. The third-order valence-corrected chi connectivity index (χ3v) is 1.22. The number of aliphatic hydroxyl groups excluding tert-OH is 1. The highest BCUT2D eigenvalue weighted by Gasteiger charge is 1.85. The monoisotopic (exact) mass is 132 g/mol. The fourth-order valence-electron chi connectivity index (χ4n) is 0.787. The molecule has 0 saturated heterocycles. The van der Waals surface area contributed by atoms with Gasteiger partial charge in [0.05, 0.1) is 0 Å². The van der Waals surface area contributed by atoms with Crippen LogP contribution in [0.4, 0.5) is 0 Å². The molecule has 0 fully saturated rings. The summed E-state index contributed by atoms with van der Waals surface area (Å²) in [6.07, 6.45) is 1.86. The van der Waals surface area contributed by atoms with Crippen LogP contribution in [0.15, 0.2) is 24.3 Å². The van der Waals surface area contributed by atoms with Gasteiger partial charge in [0.25, 0.3) is 0 Å². The van der Waals surface area contributed by atoms with Gasteiger partial charge in [-0.3, -0.25) is 0 Å². The van der Waals surface area contributed by atoms with E-state index in [2.05, 4.69) is 5.92 Å². The van der Waals surface area contributed by atoms with Gasteiger partial charge in [0.2, 0.25) is 0 Å². The Bertz CT molecular complexity index is 278. The van der Waals surface area contributed by atoms with Crippen LogP contribution in [-0.4, -0.2) is 5.11 Å². The van der Waals surface area contributed by atoms with Gasteiger partial charge in [0.15, 0.2) is 0 Å². The van der Waals surface area contributed by atoms with Gasteiger partial charge in [-0.15, -0.1) is 0 Å². The minimum absolute atomic E-state index is 0.850. The first-order valence-electron chi connectivity index (χ1n) is 3.04. The normalized spacial score (nSPS) is 8.10. The second-order valence-electron chi connectivity index (χ2n) is 2.11. The lowest BCUT2D eigenvalue weighted by atomic mass is 10.1. The highest BCUT2D eigenvalue weighted by Crippen LogP contribution is 2.00. The van der Waals surface area contributed by atoms with Gasteiger partial charge >= 0.3 is 0 Å². The van der Waals surface area contributed by atoms with E-state index in [9.17, 15) is 0 Å². The van der Waals surface area contributed by atoms with Crippen LogP contribution in [0.25, 0.3) is 0 Å². The fourth-order valence-corrected chi connectivity index (χ4v) is 0.787. The van der Waals surface area contributed by atoms with Crippen molar-refractivity contribution in [3.05, 3.63) is 35.4 Å². The molecule has 1 heteroatoms. The van der Waals surface area contributed by atoms with Crippen LogP contribution in [0.3, 0.4) is 0 Å². The second-order valence-corrected chi connectivity index (χ2v) is 2.11. The van der Waals surface area contributed by atoms with Crippen molar-refractivity contribution >= 4 is 0 Å². The van der Waals surface area contributed by atoms with Gasteiger partial charge in [0.1, 0.15) is 6.11 Å². The Morgan fingerprint density at radius 2 is 2.20 bits per heavy atom. The summed E-state index contributed by atoms with van der Waals surface area (Å²) in [7, 11) is 0. The fraction of sp³-hybridized carbons (Fsp3) is 0.111. The van der Waals surface area contributed by atoms with E-state index in [-0.39, 0.29) is 0 Å². The van der Waals surface area contributed by atoms with Crippen LogP contribution < -0.4 is 0 Å². The highest BCUT2D eigenvalue weighted by atomic mass is 16.2. The molecule has 1 rings (SSSR count). The van der Waals surface area contributed by atoms with Crippen LogP contribution in [-0.2, 0) is 0 Å². The van der Waals surface area contributed by atoms with Crippen molar-refractivity contribution in [1.29, 1.82) is 0 Å². The van der Waals surface area contributed by atoms with Crippen LogP contribution in [0, 0.1) is 19.0 Å². The van der Waals surface area contributed by atoms with E-state index in [0.717, 1.165) is 11.1 Å². The smallest absolute Gasteiger partial charge is 0.113 e. The summed E-state index contributed by atoms with van der Waals surface area (Å²) >= 11 is 0.